The van der Waals surface area contributed by atoms with Crippen molar-refractivity contribution >= 4 is 61.9 Å². The third kappa shape index (κ3) is 5.02. The monoisotopic (exact) mass is 528 g/mol. The van der Waals surface area contributed by atoms with E-state index in [0.29, 0.717) is 4.90 Å². The molecule has 0 aliphatic rings. The largest absolute Gasteiger partial charge is 0.478 e. The van der Waals surface area contributed by atoms with Gasteiger partial charge in [0.05, 0.1) is 22.2 Å². The normalized spacial score (nSPS) is 10.7. The van der Waals surface area contributed by atoms with E-state index in [9.17, 15) is 14.4 Å². The van der Waals surface area contributed by atoms with Crippen molar-refractivity contribution in [3.63, 3.8) is 0 Å². The van der Waals surface area contributed by atoms with E-state index in [0.717, 1.165) is 44.3 Å². The van der Waals surface area contributed by atoms with Gasteiger partial charge in [-0.05, 0) is 48.0 Å². The number of ether oxygens (including phenoxy) is 1. The molecule has 0 radical (unpaired) electrons. The maximum absolute atomic E-state index is 12.9. The molecule has 0 aliphatic heterocycles. The molecule has 9 heteroatoms. The van der Waals surface area contributed by atoms with Crippen molar-refractivity contribution in [3.05, 3.63) is 100 Å². The lowest BCUT2D eigenvalue weighted by Gasteiger charge is -2.06. The summed E-state index contributed by atoms with van der Waals surface area (Å²) in [5, 5.41) is 21.3. The van der Waals surface area contributed by atoms with Crippen LogP contribution in [0.15, 0.2) is 88.6 Å². The molecule has 0 saturated carbocycles. The molecule has 0 unspecified atom stereocenters. The second-order valence-electron chi connectivity index (χ2n) is 8.24. The van der Waals surface area contributed by atoms with Crippen molar-refractivity contribution < 1.29 is 24.5 Å². The molecular weight excluding hydrogens is 504 g/mol. The van der Waals surface area contributed by atoms with Gasteiger partial charge in [-0.25, -0.2) is 14.6 Å². The van der Waals surface area contributed by atoms with Gasteiger partial charge in [0.2, 0.25) is 0 Å². The van der Waals surface area contributed by atoms with Gasteiger partial charge in [0, 0.05) is 35.3 Å². The molecule has 192 valence electrons. The first-order chi connectivity index (χ1) is 18.3. The van der Waals surface area contributed by atoms with E-state index >= 15 is 0 Å². The Kier molecular flexibility index (Phi) is 7.90. The van der Waals surface area contributed by atoms with Crippen LogP contribution in [-0.2, 0) is 4.74 Å². The standard InChI is InChI=1S/C18H10N2O.C9H8O4S.C2H6O/c21-18-13-8-4-6-11-5-3-7-12(16(11)13)17-19-14-9-1-2-10-15(14)20(17)18;1-14-7-3-5(8(10)11)2-6(4-7)9(12)13;1-3-2/h1-10H;2-4H,1H3,(H,10,11)(H,12,13);1-2H3. The number of fused-ring (bicyclic) bond motifs is 4. The molecule has 38 heavy (non-hydrogen) atoms. The maximum Gasteiger partial charge on any atom is 0.335 e. The highest BCUT2D eigenvalue weighted by molar-refractivity contribution is 7.98. The molecule has 2 aromatic heterocycles. The number of hydrogen-bond donors (Lipinski definition) is 2. The Morgan fingerprint density at radius 1 is 0.842 bits per heavy atom. The summed E-state index contributed by atoms with van der Waals surface area (Å²) in [7, 11) is 3.25. The zero-order chi connectivity index (χ0) is 27.4. The van der Waals surface area contributed by atoms with E-state index < -0.39 is 11.9 Å². The topological polar surface area (TPSA) is 118 Å². The van der Waals surface area contributed by atoms with E-state index in [1.165, 1.54) is 23.9 Å². The highest BCUT2D eigenvalue weighted by atomic mass is 32.2. The summed E-state index contributed by atoms with van der Waals surface area (Å²) in [6, 6.07) is 23.7. The van der Waals surface area contributed by atoms with Crippen molar-refractivity contribution in [3.8, 4) is 0 Å². The lowest BCUT2D eigenvalue weighted by Crippen LogP contribution is -2.13. The van der Waals surface area contributed by atoms with Crippen molar-refractivity contribution in [1.82, 2.24) is 9.38 Å². The fourth-order valence-electron chi connectivity index (χ4n) is 4.20. The van der Waals surface area contributed by atoms with Gasteiger partial charge in [0.25, 0.3) is 5.56 Å². The van der Waals surface area contributed by atoms with Crippen LogP contribution >= 0.6 is 11.8 Å². The summed E-state index contributed by atoms with van der Waals surface area (Å²) in [5.74, 6) is -2.24. The molecule has 0 spiro atoms. The molecule has 6 rings (SSSR count). The van der Waals surface area contributed by atoms with Gasteiger partial charge in [0.1, 0.15) is 5.65 Å². The van der Waals surface area contributed by atoms with Crippen LogP contribution in [0.4, 0.5) is 0 Å². The van der Waals surface area contributed by atoms with Gasteiger partial charge in [0.15, 0.2) is 0 Å². The number of methoxy groups -OCH3 is 1. The molecule has 0 amide bonds. The quantitative estimate of drug-likeness (QED) is 0.283. The van der Waals surface area contributed by atoms with Gasteiger partial charge in [-0.2, -0.15) is 0 Å². The van der Waals surface area contributed by atoms with Crippen LogP contribution in [0.25, 0.3) is 38.2 Å². The van der Waals surface area contributed by atoms with Crippen LogP contribution in [0.1, 0.15) is 20.7 Å². The van der Waals surface area contributed by atoms with Gasteiger partial charge in [-0.1, -0.05) is 42.5 Å². The summed E-state index contributed by atoms with van der Waals surface area (Å²) in [6.07, 6.45) is 1.76. The minimum absolute atomic E-state index is 0.00278. The highest BCUT2D eigenvalue weighted by Crippen LogP contribution is 2.29. The number of rotatable bonds is 3. The number of thioether (sulfide) groups is 1. The first-order valence-corrected chi connectivity index (χ1v) is 12.6. The van der Waals surface area contributed by atoms with E-state index in [-0.39, 0.29) is 16.7 Å². The van der Waals surface area contributed by atoms with Crippen LogP contribution < -0.4 is 5.56 Å². The van der Waals surface area contributed by atoms with Crippen LogP contribution in [0.3, 0.4) is 0 Å². The first kappa shape index (κ1) is 26.6. The molecule has 0 aliphatic carbocycles. The molecule has 2 N–H and O–H groups in total. The average Bonchev–Trinajstić information content (AvgIpc) is 3.32. The predicted octanol–water partition coefficient (Wildman–Crippen LogP) is 5.66. The van der Waals surface area contributed by atoms with Crippen molar-refractivity contribution in [2.75, 3.05) is 20.5 Å². The number of aromatic nitrogens is 2. The van der Waals surface area contributed by atoms with Gasteiger partial charge < -0.3 is 14.9 Å². The smallest absolute Gasteiger partial charge is 0.335 e. The number of carboxylic acids is 2. The number of benzene rings is 4. The number of para-hydroxylation sites is 2. The lowest BCUT2D eigenvalue weighted by atomic mass is 10.0. The third-order valence-electron chi connectivity index (χ3n) is 5.78. The number of pyridine rings is 1. The number of aromatic carboxylic acids is 2. The SMILES string of the molecule is COC.CSc1cc(C(=O)O)cc(C(=O)O)c1.O=c1c2cccc3cccc(c32)c2nc3ccccc3n12. The molecule has 4 aromatic carbocycles. The van der Waals surface area contributed by atoms with E-state index in [1.54, 1.807) is 24.9 Å². The summed E-state index contributed by atoms with van der Waals surface area (Å²) in [4.78, 5) is 39.5. The molecule has 0 bridgehead atoms. The predicted molar refractivity (Wildman–Crippen MR) is 150 cm³/mol. The summed E-state index contributed by atoms with van der Waals surface area (Å²) >= 11 is 1.31. The molecule has 8 nitrogen and oxygen atoms in total. The molecule has 0 fully saturated rings. The van der Waals surface area contributed by atoms with Gasteiger partial charge in [-0.3, -0.25) is 9.20 Å². The van der Waals surface area contributed by atoms with Crippen LogP contribution in [-0.4, -0.2) is 52.0 Å². The third-order valence-corrected chi connectivity index (χ3v) is 6.48. The first-order valence-electron chi connectivity index (χ1n) is 11.4. The fraction of sp³-hybridized carbons (Fsp3) is 0.103. The van der Waals surface area contributed by atoms with Crippen molar-refractivity contribution in [2.45, 2.75) is 4.90 Å². The minimum atomic E-state index is -1.12. The molecular formula is C29H24N2O6S. The van der Waals surface area contributed by atoms with Crippen molar-refractivity contribution in [2.24, 2.45) is 0 Å². The molecule has 2 heterocycles. The van der Waals surface area contributed by atoms with Crippen LogP contribution in [0, 0.1) is 0 Å². The molecule has 0 saturated heterocycles. The zero-order valence-corrected chi connectivity index (χ0v) is 21.7. The number of hydrogen-bond acceptors (Lipinski definition) is 6. The Hall–Kier alpha value is -4.47. The van der Waals surface area contributed by atoms with Crippen LogP contribution in [0.2, 0.25) is 0 Å². The minimum Gasteiger partial charge on any atom is -0.478 e. The number of carboxylic acid groups (broad SMARTS) is 2. The summed E-state index contributed by atoms with van der Waals surface area (Å²) in [5.41, 5.74) is 2.45. The second kappa shape index (κ2) is 11.3. The summed E-state index contributed by atoms with van der Waals surface area (Å²) in [6.45, 7) is 0. The Morgan fingerprint density at radius 2 is 1.42 bits per heavy atom. The Balaban J connectivity index is 0.000000173. The second-order valence-corrected chi connectivity index (χ2v) is 9.12. The number of nitrogens with zero attached hydrogens (tertiary/aromatic N) is 2. The fourth-order valence-corrected chi connectivity index (χ4v) is 4.69. The Morgan fingerprint density at radius 3 is 2.00 bits per heavy atom. The summed E-state index contributed by atoms with van der Waals surface area (Å²) < 4.78 is 5.98. The Bertz CT molecular complexity index is 1810. The van der Waals surface area contributed by atoms with E-state index in [4.69, 9.17) is 10.2 Å². The average molecular weight is 529 g/mol. The zero-order valence-electron chi connectivity index (χ0n) is 20.8. The van der Waals surface area contributed by atoms with Gasteiger partial charge in [-0.15, -0.1) is 11.8 Å². The Labute approximate surface area is 221 Å². The molecule has 6 aromatic rings. The number of imidazole rings is 1. The highest BCUT2D eigenvalue weighted by Gasteiger charge is 2.15. The van der Waals surface area contributed by atoms with Crippen LogP contribution in [0.5, 0.6) is 0 Å². The van der Waals surface area contributed by atoms with Crippen molar-refractivity contribution in [1.29, 1.82) is 0 Å². The molecule has 0 atom stereocenters. The van der Waals surface area contributed by atoms with E-state index in [1.807, 2.05) is 60.7 Å². The number of carbonyl (C=O) groups is 2. The van der Waals surface area contributed by atoms with E-state index in [2.05, 4.69) is 9.72 Å². The maximum atomic E-state index is 12.9. The lowest BCUT2D eigenvalue weighted by molar-refractivity contribution is 0.0696. The van der Waals surface area contributed by atoms with Gasteiger partial charge >= 0.3 is 11.9 Å².